The fraction of sp³-hybridized carbons (Fsp3) is 0.227. The number of benzene rings is 2. The minimum atomic E-state index is 0.0446. The number of carbonyl (C=O) groups excluding carboxylic acids is 1. The van der Waals surface area contributed by atoms with E-state index in [1.807, 2.05) is 47.4 Å². The number of hydrogen-bond acceptors (Lipinski definition) is 5. The molecule has 28 heavy (non-hydrogen) atoms. The molecule has 4 aromatic rings. The Kier molecular flexibility index (Phi) is 4.66. The molecule has 4 nitrogen and oxygen atoms in total. The topological polar surface area (TPSA) is 46.1 Å². The fourth-order valence-electron chi connectivity index (χ4n) is 3.68. The lowest BCUT2D eigenvalue weighted by Crippen LogP contribution is -2.37. The van der Waals surface area contributed by atoms with Crippen molar-refractivity contribution >= 4 is 55.1 Å². The van der Waals surface area contributed by atoms with Crippen LogP contribution in [0, 0.1) is 0 Å². The summed E-state index contributed by atoms with van der Waals surface area (Å²) < 4.78 is 2.32. The first-order valence-electron chi connectivity index (χ1n) is 9.48. The monoisotopic (exact) mass is 405 g/mol. The summed E-state index contributed by atoms with van der Waals surface area (Å²) in [6.07, 6.45) is 6.66. The molecular weight excluding hydrogens is 386 g/mol. The molecule has 0 N–H and O–H groups in total. The van der Waals surface area contributed by atoms with E-state index in [1.165, 1.54) is 4.70 Å². The number of piperidine rings is 1. The molecule has 0 saturated carbocycles. The molecule has 1 fully saturated rings. The van der Waals surface area contributed by atoms with Gasteiger partial charge in [-0.05, 0) is 49.6 Å². The van der Waals surface area contributed by atoms with Gasteiger partial charge in [0.2, 0.25) is 5.91 Å². The zero-order valence-electron chi connectivity index (χ0n) is 15.2. The van der Waals surface area contributed by atoms with Crippen LogP contribution in [0.3, 0.4) is 0 Å². The van der Waals surface area contributed by atoms with Crippen LogP contribution in [0.15, 0.2) is 54.6 Å². The molecule has 1 atom stereocenters. The van der Waals surface area contributed by atoms with Gasteiger partial charge in [0.15, 0.2) is 0 Å². The molecule has 0 bridgehead atoms. The summed E-state index contributed by atoms with van der Waals surface area (Å²) in [5.74, 6) is 0.0446. The molecule has 0 spiro atoms. The van der Waals surface area contributed by atoms with Crippen LogP contribution >= 0.6 is 22.7 Å². The second-order valence-electron chi connectivity index (χ2n) is 6.92. The highest BCUT2D eigenvalue weighted by molar-refractivity contribution is 7.19. The summed E-state index contributed by atoms with van der Waals surface area (Å²) in [5.41, 5.74) is 2.00. The van der Waals surface area contributed by atoms with E-state index in [0.717, 1.165) is 51.6 Å². The van der Waals surface area contributed by atoms with E-state index in [2.05, 4.69) is 17.1 Å². The lowest BCUT2D eigenvalue weighted by Gasteiger charge is -2.33. The molecule has 2 aromatic heterocycles. The van der Waals surface area contributed by atoms with Crippen molar-refractivity contribution in [3.8, 4) is 0 Å². The largest absolute Gasteiger partial charge is 0.330 e. The average molecular weight is 406 g/mol. The van der Waals surface area contributed by atoms with Gasteiger partial charge in [-0.3, -0.25) is 4.79 Å². The van der Waals surface area contributed by atoms with Gasteiger partial charge in [0.05, 0.1) is 26.5 Å². The van der Waals surface area contributed by atoms with Crippen molar-refractivity contribution in [3.63, 3.8) is 0 Å². The Labute approximate surface area is 171 Å². The molecular formula is C22H19N3OS2. The SMILES string of the molecule is O=C(/C=C/c1nc2ccccc2s1)N1CCCC[C@H]1c1nc2ccccc2s1. The van der Waals surface area contributed by atoms with Crippen molar-refractivity contribution in [2.45, 2.75) is 25.3 Å². The Morgan fingerprint density at radius 3 is 2.43 bits per heavy atom. The van der Waals surface area contributed by atoms with E-state index in [-0.39, 0.29) is 11.9 Å². The maximum Gasteiger partial charge on any atom is 0.247 e. The third kappa shape index (κ3) is 3.34. The lowest BCUT2D eigenvalue weighted by atomic mass is 10.0. The van der Waals surface area contributed by atoms with Gasteiger partial charge in [0.25, 0.3) is 0 Å². The lowest BCUT2D eigenvalue weighted by molar-refractivity contribution is -0.129. The smallest absolute Gasteiger partial charge is 0.247 e. The Balaban J connectivity index is 1.40. The number of nitrogens with zero attached hydrogens (tertiary/aromatic N) is 3. The summed E-state index contributed by atoms with van der Waals surface area (Å²) >= 11 is 3.31. The predicted molar refractivity (Wildman–Crippen MR) is 117 cm³/mol. The zero-order valence-corrected chi connectivity index (χ0v) is 16.9. The molecule has 0 unspecified atom stereocenters. The number of rotatable bonds is 3. The number of thiazole rings is 2. The number of hydrogen-bond donors (Lipinski definition) is 0. The van der Waals surface area contributed by atoms with Gasteiger partial charge in [-0.15, -0.1) is 22.7 Å². The molecule has 140 valence electrons. The third-order valence-electron chi connectivity index (χ3n) is 5.06. The summed E-state index contributed by atoms with van der Waals surface area (Å²) in [4.78, 5) is 24.3. The standard InChI is InChI=1S/C22H19N3OS2/c26-21(13-12-20-23-15-7-1-3-10-18(15)27-20)25-14-6-5-9-17(25)22-24-16-8-2-4-11-19(16)28-22/h1-4,7-8,10-13,17H,5-6,9,14H2/b13-12+/t17-/m0/s1. The summed E-state index contributed by atoms with van der Waals surface area (Å²) in [6, 6.07) is 16.3. The van der Waals surface area contributed by atoms with Crippen molar-refractivity contribution in [3.05, 3.63) is 64.6 Å². The van der Waals surface area contributed by atoms with E-state index in [1.54, 1.807) is 28.7 Å². The van der Waals surface area contributed by atoms with Gasteiger partial charge in [-0.25, -0.2) is 9.97 Å². The van der Waals surface area contributed by atoms with Crippen LogP contribution in [0.4, 0.5) is 0 Å². The Hall–Kier alpha value is -2.57. The second kappa shape index (κ2) is 7.45. The molecule has 1 saturated heterocycles. The Bertz CT molecular complexity index is 1110. The number of fused-ring (bicyclic) bond motifs is 2. The van der Waals surface area contributed by atoms with E-state index in [0.29, 0.717) is 0 Å². The number of amides is 1. The van der Waals surface area contributed by atoms with Crippen LogP contribution in [0.1, 0.15) is 35.3 Å². The van der Waals surface area contributed by atoms with Crippen LogP contribution in [-0.4, -0.2) is 27.3 Å². The zero-order chi connectivity index (χ0) is 18.9. The van der Waals surface area contributed by atoms with E-state index in [9.17, 15) is 4.79 Å². The quantitative estimate of drug-likeness (QED) is 0.412. The van der Waals surface area contributed by atoms with Gasteiger partial charge in [0, 0.05) is 12.6 Å². The molecule has 1 amide bonds. The highest BCUT2D eigenvalue weighted by Gasteiger charge is 2.29. The average Bonchev–Trinajstić information content (AvgIpc) is 3.35. The van der Waals surface area contributed by atoms with Crippen molar-refractivity contribution in [1.82, 2.24) is 14.9 Å². The first kappa shape index (κ1) is 17.5. The first-order chi connectivity index (χ1) is 13.8. The van der Waals surface area contributed by atoms with Gasteiger partial charge in [-0.1, -0.05) is 24.3 Å². The minimum absolute atomic E-state index is 0.0446. The molecule has 0 aliphatic carbocycles. The molecule has 2 aromatic carbocycles. The summed E-state index contributed by atoms with van der Waals surface area (Å²) in [6.45, 7) is 0.781. The van der Waals surface area contributed by atoms with Crippen molar-refractivity contribution in [1.29, 1.82) is 0 Å². The first-order valence-corrected chi connectivity index (χ1v) is 11.1. The van der Waals surface area contributed by atoms with E-state index in [4.69, 9.17) is 4.98 Å². The van der Waals surface area contributed by atoms with E-state index >= 15 is 0 Å². The molecule has 1 aliphatic heterocycles. The van der Waals surface area contributed by atoms with Crippen LogP contribution < -0.4 is 0 Å². The number of likely N-dealkylation sites (tertiary alicyclic amines) is 1. The normalized spacial score (nSPS) is 17.7. The van der Waals surface area contributed by atoms with Crippen molar-refractivity contribution < 1.29 is 4.79 Å². The van der Waals surface area contributed by atoms with Crippen LogP contribution in [0.25, 0.3) is 26.5 Å². The number of para-hydroxylation sites is 2. The maximum atomic E-state index is 13.0. The van der Waals surface area contributed by atoms with Gasteiger partial charge in [0.1, 0.15) is 10.0 Å². The van der Waals surface area contributed by atoms with Crippen LogP contribution in [-0.2, 0) is 4.79 Å². The highest BCUT2D eigenvalue weighted by atomic mass is 32.1. The Morgan fingerprint density at radius 1 is 0.964 bits per heavy atom. The highest BCUT2D eigenvalue weighted by Crippen LogP contribution is 2.35. The van der Waals surface area contributed by atoms with E-state index < -0.39 is 0 Å². The molecule has 5 rings (SSSR count). The molecule has 1 aliphatic rings. The fourth-order valence-corrected chi connectivity index (χ4v) is 5.67. The number of aromatic nitrogens is 2. The summed E-state index contributed by atoms with van der Waals surface area (Å²) in [7, 11) is 0. The van der Waals surface area contributed by atoms with Crippen molar-refractivity contribution in [2.24, 2.45) is 0 Å². The predicted octanol–water partition coefficient (Wildman–Crippen LogP) is 5.67. The van der Waals surface area contributed by atoms with Gasteiger partial charge >= 0.3 is 0 Å². The molecule has 6 heteroatoms. The van der Waals surface area contributed by atoms with Gasteiger partial charge in [-0.2, -0.15) is 0 Å². The summed E-state index contributed by atoms with van der Waals surface area (Å²) in [5, 5.41) is 1.91. The number of carbonyl (C=O) groups is 1. The van der Waals surface area contributed by atoms with Gasteiger partial charge < -0.3 is 4.90 Å². The molecule has 0 radical (unpaired) electrons. The Morgan fingerprint density at radius 2 is 1.68 bits per heavy atom. The maximum absolute atomic E-state index is 13.0. The second-order valence-corrected chi connectivity index (χ2v) is 9.04. The third-order valence-corrected chi connectivity index (χ3v) is 7.20. The minimum Gasteiger partial charge on any atom is -0.330 e. The van der Waals surface area contributed by atoms with Crippen LogP contribution in [0.2, 0.25) is 0 Å². The van der Waals surface area contributed by atoms with Crippen LogP contribution in [0.5, 0.6) is 0 Å². The molecule has 3 heterocycles. The van der Waals surface area contributed by atoms with Crippen molar-refractivity contribution in [2.75, 3.05) is 6.54 Å².